The predicted molar refractivity (Wildman–Crippen MR) is 114 cm³/mol. The molecule has 3 nitrogen and oxygen atoms in total. The van der Waals surface area contributed by atoms with Crippen LogP contribution in [0.25, 0.3) is 11.3 Å². The number of nitrogens with one attached hydrogen (secondary N) is 1. The molecule has 1 radical (unpaired) electrons. The Morgan fingerprint density at radius 3 is 2.57 bits per heavy atom. The molecule has 0 spiro atoms. The second kappa shape index (κ2) is 11.6. The Morgan fingerprint density at radius 1 is 1.25 bits per heavy atom. The fourth-order valence-electron chi connectivity index (χ4n) is 2.45. The zero-order chi connectivity index (χ0) is 19.1. The van der Waals surface area contributed by atoms with Crippen LogP contribution in [0, 0.1) is 19.4 Å². The molecule has 2 aromatic carbocycles. The molecule has 0 amide bonds. The van der Waals surface area contributed by atoms with Crippen molar-refractivity contribution in [1.29, 1.82) is 0 Å². The maximum absolute atomic E-state index is 12.5. The molecule has 3 aromatic rings. The quantitative estimate of drug-likeness (QED) is 0.328. The molecule has 1 N–H and O–H groups in total. The van der Waals surface area contributed by atoms with Gasteiger partial charge >= 0.3 is 0 Å². The van der Waals surface area contributed by atoms with Crippen molar-refractivity contribution >= 4 is 27.9 Å². The number of nitrogens with zero attached hydrogens (tertiary/aromatic N) is 1. The molecular weight excluding hydrogens is 441 g/mol. The van der Waals surface area contributed by atoms with Crippen LogP contribution in [-0.2, 0) is 32.7 Å². The molecule has 0 bridgehead atoms. The molecule has 1 fully saturated rings. The summed E-state index contributed by atoms with van der Waals surface area (Å²) < 4.78 is 0. The number of anilines is 2. The van der Waals surface area contributed by atoms with Gasteiger partial charge in [0.05, 0.1) is 10.6 Å². The van der Waals surface area contributed by atoms with Gasteiger partial charge in [0.25, 0.3) is 0 Å². The van der Waals surface area contributed by atoms with Gasteiger partial charge in [-0.15, -0.1) is 5.56 Å². The molecule has 1 saturated carbocycles. The summed E-state index contributed by atoms with van der Waals surface area (Å²) in [5, 5.41) is 4.06. The first-order valence-electron chi connectivity index (χ1n) is 9.34. The van der Waals surface area contributed by atoms with Crippen LogP contribution >= 0.6 is 11.3 Å². The first kappa shape index (κ1) is 22.9. The number of thiazole rings is 1. The molecule has 1 aromatic heterocycles. The normalized spacial score (nSPS) is 11.6. The van der Waals surface area contributed by atoms with Crippen LogP contribution < -0.4 is 5.32 Å². The summed E-state index contributed by atoms with van der Waals surface area (Å²) in [7, 11) is 0. The predicted octanol–water partition coefficient (Wildman–Crippen LogP) is 6.63. The zero-order valence-corrected chi connectivity index (χ0v) is 20.0. The van der Waals surface area contributed by atoms with Crippen molar-refractivity contribution in [2.75, 3.05) is 5.32 Å². The molecule has 0 aliphatic heterocycles. The average molecular weight is 465 g/mol. The molecule has 143 valence electrons. The van der Waals surface area contributed by atoms with Gasteiger partial charge in [0, 0.05) is 44.7 Å². The summed E-state index contributed by atoms with van der Waals surface area (Å²) in [6.07, 6.45) is 6.38. The maximum Gasteiger partial charge on any atom is 0.177 e. The molecule has 4 rings (SSSR count). The van der Waals surface area contributed by atoms with Crippen LogP contribution in [-0.4, -0.2) is 10.8 Å². The Kier molecular flexibility index (Phi) is 9.50. The van der Waals surface area contributed by atoms with Crippen molar-refractivity contribution in [1.82, 2.24) is 4.98 Å². The van der Waals surface area contributed by atoms with E-state index in [0.717, 1.165) is 38.9 Å². The van der Waals surface area contributed by atoms with E-state index in [0.29, 0.717) is 6.42 Å². The van der Waals surface area contributed by atoms with Gasteiger partial charge in [0.15, 0.2) is 10.9 Å². The van der Waals surface area contributed by atoms with E-state index in [4.69, 9.17) is 4.98 Å². The molecule has 1 aliphatic carbocycles. The number of carbonyl (C=O) groups is 1. The first-order chi connectivity index (χ1) is 13.2. The molecule has 28 heavy (non-hydrogen) atoms. The minimum Gasteiger partial charge on any atom is -0.385 e. The fourth-order valence-corrected chi connectivity index (χ4v) is 3.42. The van der Waals surface area contributed by atoms with E-state index in [1.54, 1.807) is 0 Å². The third kappa shape index (κ3) is 6.61. The standard InChI is InChI=1S/C20H19N2OS.C3H5.Y/c1-3-9-17(23)19-18(15-11-5-4-6-12-15)22-20(24-19)21-16-13-8-7-10-14(16)2;1-2-3-1;/h4-7,10-13H,3,9H2,1-2H3,(H,21,22);1H,2-3H2;/q2*-1;. The van der Waals surface area contributed by atoms with E-state index in [1.807, 2.05) is 62.4 Å². The summed E-state index contributed by atoms with van der Waals surface area (Å²) >= 11 is 1.42. The van der Waals surface area contributed by atoms with Crippen LogP contribution in [0.1, 0.15) is 47.8 Å². The van der Waals surface area contributed by atoms with E-state index in [1.165, 1.54) is 24.2 Å². The minimum atomic E-state index is 0. The van der Waals surface area contributed by atoms with Crippen LogP contribution in [0.5, 0.6) is 0 Å². The van der Waals surface area contributed by atoms with E-state index in [-0.39, 0.29) is 38.5 Å². The summed E-state index contributed by atoms with van der Waals surface area (Å²) in [4.78, 5) is 17.9. The van der Waals surface area contributed by atoms with E-state index in [9.17, 15) is 4.79 Å². The van der Waals surface area contributed by atoms with Crippen LogP contribution in [0.3, 0.4) is 0 Å². The van der Waals surface area contributed by atoms with Crippen molar-refractivity contribution in [3.63, 3.8) is 0 Å². The number of benzene rings is 2. The smallest absolute Gasteiger partial charge is 0.177 e. The number of hydrogen-bond donors (Lipinski definition) is 1. The van der Waals surface area contributed by atoms with Crippen LogP contribution in [0.2, 0.25) is 0 Å². The number of hydrogen-bond acceptors (Lipinski definition) is 4. The van der Waals surface area contributed by atoms with E-state index >= 15 is 0 Å². The Bertz CT molecular complexity index is 888. The molecule has 1 heterocycles. The molecular formula is C23H24N2OSY-2. The Balaban J connectivity index is 0.000000640. The number of Topliss-reactive ketones (excluding diaryl/α,β-unsaturated/α-hetero) is 1. The Hall–Kier alpha value is -1.36. The van der Waals surface area contributed by atoms with Crippen molar-refractivity contribution < 1.29 is 37.5 Å². The van der Waals surface area contributed by atoms with E-state index in [2.05, 4.69) is 17.8 Å². The van der Waals surface area contributed by atoms with Crippen molar-refractivity contribution in [2.45, 2.75) is 39.5 Å². The van der Waals surface area contributed by atoms with E-state index < -0.39 is 0 Å². The van der Waals surface area contributed by atoms with Gasteiger partial charge in [-0.3, -0.25) is 4.79 Å². The monoisotopic (exact) mass is 465 g/mol. The Labute approximate surface area is 196 Å². The molecule has 1 aliphatic rings. The van der Waals surface area contributed by atoms with Gasteiger partial charge in [-0.25, -0.2) is 17.8 Å². The number of ketones is 1. The minimum absolute atomic E-state index is 0. The Morgan fingerprint density at radius 2 is 1.96 bits per heavy atom. The number of carbonyl (C=O) groups excluding carboxylic acids is 1. The van der Waals surface area contributed by atoms with Crippen molar-refractivity contribution in [3.05, 3.63) is 71.5 Å². The third-order valence-corrected chi connectivity index (χ3v) is 5.03. The van der Waals surface area contributed by atoms with Gasteiger partial charge in [-0.05, 0) is 6.42 Å². The van der Waals surface area contributed by atoms with Gasteiger partial charge in [-0.2, -0.15) is 24.3 Å². The summed E-state index contributed by atoms with van der Waals surface area (Å²) in [5.74, 6) is 0.151. The second-order valence-corrected chi connectivity index (χ2v) is 7.47. The largest absolute Gasteiger partial charge is 0.385 e. The molecule has 0 atom stereocenters. The maximum atomic E-state index is 12.5. The van der Waals surface area contributed by atoms with Gasteiger partial charge in [0.2, 0.25) is 0 Å². The van der Waals surface area contributed by atoms with Gasteiger partial charge in [0.1, 0.15) is 0 Å². The molecule has 0 unspecified atom stereocenters. The third-order valence-electron chi connectivity index (χ3n) is 4.02. The summed E-state index contributed by atoms with van der Waals surface area (Å²) in [5.41, 5.74) is 3.81. The van der Waals surface area contributed by atoms with Crippen molar-refractivity contribution in [3.8, 4) is 11.3 Å². The number of rotatable bonds is 6. The van der Waals surface area contributed by atoms with Crippen LogP contribution in [0.4, 0.5) is 10.8 Å². The zero-order valence-electron chi connectivity index (χ0n) is 16.4. The summed E-state index contributed by atoms with van der Waals surface area (Å²) in [6.45, 7) is 4.05. The number of aromatic nitrogens is 1. The van der Waals surface area contributed by atoms with Crippen LogP contribution in [0.15, 0.2) is 48.5 Å². The first-order valence-corrected chi connectivity index (χ1v) is 10.2. The van der Waals surface area contributed by atoms with Crippen molar-refractivity contribution in [2.24, 2.45) is 0 Å². The topological polar surface area (TPSA) is 42.0 Å². The average Bonchev–Trinajstić information content (AvgIpc) is 3.51. The van der Waals surface area contributed by atoms with Gasteiger partial charge in [-0.1, -0.05) is 61.2 Å². The molecule has 5 heteroatoms. The van der Waals surface area contributed by atoms with Gasteiger partial charge < -0.3 is 11.7 Å². The second-order valence-electron chi connectivity index (χ2n) is 6.47. The number of aryl methyl sites for hydroxylation is 1. The molecule has 0 saturated heterocycles. The SMILES string of the molecule is CCCC(=O)c1sc(Nc2c[c-]ccc2C)nc1-c1ccccc1.[CH-]1CC1.[Y]. The summed E-state index contributed by atoms with van der Waals surface area (Å²) in [6, 6.07) is 18.7. The fraction of sp³-hybridized carbons (Fsp3) is 0.261.